The van der Waals surface area contributed by atoms with Gasteiger partial charge in [0.1, 0.15) is 11.2 Å². The maximum Gasteiger partial charge on any atom is 0.136 e. The molecule has 318 valence electrons. The predicted molar refractivity (Wildman–Crippen MR) is 287 cm³/mol. The van der Waals surface area contributed by atoms with Crippen LogP contribution in [-0.4, -0.2) is 0 Å². The largest absolute Gasteiger partial charge is 0.456 e. The van der Waals surface area contributed by atoms with Gasteiger partial charge in [0.05, 0.1) is 11.1 Å². The minimum Gasteiger partial charge on any atom is -0.456 e. The highest BCUT2D eigenvalue weighted by molar-refractivity contribution is 7.26. The number of hydrogen-bond donors (Lipinski definition) is 0. The average molecular weight is 884 g/mol. The summed E-state index contributed by atoms with van der Waals surface area (Å²) < 4.78 is 9.14. The van der Waals surface area contributed by atoms with Crippen LogP contribution in [0.5, 0.6) is 0 Å². The molecule has 1 aliphatic rings. The van der Waals surface area contributed by atoms with E-state index < -0.39 is 5.41 Å². The fourth-order valence-electron chi connectivity index (χ4n) is 11.3. The van der Waals surface area contributed by atoms with Gasteiger partial charge in [0.25, 0.3) is 0 Å². The molecule has 1 aliphatic carbocycles. The van der Waals surface area contributed by atoms with Gasteiger partial charge >= 0.3 is 0 Å². The van der Waals surface area contributed by atoms with E-state index in [2.05, 4.69) is 254 Å². The smallest absolute Gasteiger partial charge is 0.136 e. The molecule has 13 aromatic rings. The first kappa shape index (κ1) is 38.7. The van der Waals surface area contributed by atoms with Crippen LogP contribution in [0.15, 0.2) is 253 Å². The van der Waals surface area contributed by atoms with E-state index in [-0.39, 0.29) is 0 Å². The highest BCUT2D eigenvalue weighted by Gasteiger charge is 2.46. The molecule has 0 saturated heterocycles. The molecule has 68 heavy (non-hydrogen) atoms. The average Bonchev–Trinajstić information content (AvgIpc) is 4.06. The van der Waals surface area contributed by atoms with Crippen LogP contribution in [0, 0.1) is 0 Å². The van der Waals surface area contributed by atoms with Crippen LogP contribution in [0.25, 0.3) is 86.3 Å². The summed E-state index contributed by atoms with van der Waals surface area (Å²) in [6, 6.07) is 91.5. The van der Waals surface area contributed by atoms with Gasteiger partial charge < -0.3 is 9.32 Å². The maximum absolute atomic E-state index is 6.51. The minimum absolute atomic E-state index is 0.542. The number of para-hydroxylation sites is 1. The third-order valence-corrected chi connectivity index (χ3v) is 15.6. The van der Waals surface area contributed by atoms with E-state index in [1.807, 2.05) is 11.3 Å². The highest BCUT2D eigenvalue weighted by atomic mass is 32.1. The summed E-state index contributed by atoms with van der Waals surface area (Å²) in [5.74, 6) is 0. The van der Waals surface area contributed by atoms with Gasteiger partial charge in [-0.2, -0.15) is 0 Å². The second kappa shape index (κ2) is 15.3. The van der Waals surface area contributed by atoms with E-state index in [9.17, 15) is 0 Å². The van der Waals surface area contributed by atoms with E-state index in [1.165, 1.54) is 75.5 Å². The van der Waals surface area contributed by atoms with Gasteiger partial charge in [0.2, 0.25) is 0 Å². The molecule has 0 spiro atoms. The first-order valence-electron chi connectivity index (χ1n) is 23.3. The van der Waals surface area contributed by atoms with Crippen LogP contribution in [0.2, 0.25) is 0 Å². The molecule has 0 bridgehead atoms. The van der Waals surface area contributed by atoms with Gasteiger partial charge in [-0.1, -0.05) is 188 Å². The van der Waals surface area contributed by atoms with Crippen molar-refractivity contribution in [3.63, 3.8) is 0 Å². The number of rotatable bonds is 7. The zero-order valence-electron chi connectivity index (χ0n) is 36.9. The molecule has 0 saturated carbocycles. The molecular weight excluding hydrogens is 843 g/mol. The van der Waals surface area contributed by atoms with Gasteiger partial charge in [-0.3, -0.25) is 0 Å². The summed E-state index contributed by atoms with van der Waals surface area (Å²) in [5, 5.41) is 7.22. The molecule has 0 N–H and O–H groups in total. The van der Waals surface area contributed by atoms with E-state index in [0.717, 1.165) is 50.1 Å². The maximum atomic E-state index is 6.51. The summed E-state index contributed by atoms with van der Waals surface area (Å²) in [5.41, 5.74) is 16.8. The van der Waals surface area contributed by atoms with Crippen LogP contribution in [0.1, 0.15) is 22.3 Å². The van der Waals surface area contributed by atoms with Crippen molar-refractivity contribution in [1.82, 2.24) is 0 Å². The summed E-state index contributed by atoms with van der Waals surface area (Å²) in [4.78, 5) is 2.47. The Morgan fingerprint density at radius 3 is 1.76 bits per heavy atom. The van der Waals surface area contributed by atoms with Crippen LogP contribution < -0.4 is 4.90 Å². The fourth-order valence-corrected chi connectivity index (χ4v) is 12.5. The molecule has 11 aromatic carbocycles. The molecule has 2 nitrogen and oxygen atoms in total. The van der Waals surface area contributed by atoms with Crippen molar-refractivity contribution in [2.45, 2.75) is 5.41 Å². The number of fused-ring (bicyclic) bond motifs is 10. The lowest BCUT2D eigenvalue weighted by atomic mass is 9.67. The molecular formula is C65H41NOS. The van der Waals surface area contributed by atoms with Crippen molar-refractivity contribution in [1.29, 1.82) is 0 Å². The summed E-state index contributed by atoms with van der Waals surface area (Å²) >= 11 is 1.87. The van der Waals surface area contributed by atoms with Crippen LogP contribution >= 0.6 is 11.3 Å². The fraction of sp³-hybridized carbons (Fsp3) is 0.0154. The molecule has 0 radical (unpaired) electrons. The Morgan fingerprint density at radius 1 is 0.353 bits per heavy atom. The second-order valence-electron chi connectivity index (χ2n) is 17.9. The lowest BCUT2D eigenvalue weighted by Gasteiger charge is -2.35. The third-order valence-electron chi connectivity index (χ3n) is 14.3. The topological polar surface area (TPSA) is 16.4 Å². The second-order valence-corrected chi connectivity index (χ2v) is 19.0. The minimum atomic E-state index is -0.542. The zero-order chi connectivity index (χ0) is 44.8. The number of furan rings is 1. The molecule has 0 aliphatic heterocycles. The SMILES string of the molecule is c1ccc(C2(c3ccccc3)c3ccccc3-c3ccc(N(c4ccc(-c5cccc6c5sc5ccccc56)cc4)c4ccccc4-c4ccc5oc6cc7ccccc7cc6c5c4)cc32)cc1. The first-order chi connectivity index (χ1) is 33.7. The van der Waals surface area contributed by atoms with E-state index in [4.69, 9.17) is 4.42 Å². The standard InChI is InChI=1S/C65H41NOS/c1-3-18-46(19-4-1)65(47-20-5-2-6-21-47)58-27-12-9-23-52(58)53-36-35-49(41-59(53)65)66(48-33-30-42(31-34-48)51-25-15-26-55-54-24-11-14-29-63(54)68-64(51)55)60-28-13-10-22-50(60)45-32-37-61-56(39-45)57-38-43-16-7-8-17-44(43)40-62(57)67-61/h1-41H. The lowest BCUT2D eigenvalue weighted by molar-refractivity contribution is 0.669. The van der Waals surface area contributed by atoms with Crippen molar-refractivity contribution >= 4 is 81.3 Å². The van der Waals surface area contributed by atoms with Crippen LogP contribution in [0.4, 0.5) is 17.1 Å². The zero-order valence-corrected chi connectivity index (χ0v) is 37.8. The first-order valence-corrected chi connectivity index (χ1v) is 24.1. The molecule has 0 atom stereocenters. The third kappa shape index (κ3) is 5.83. The normalized spacial score (nSPS) is 12.8. The molecule has 0 amide bonds. The van der Waals surface area contributed by atoms with Crippen LogP contribution in [0.3, 0.4) is 0 Å². The van der Waals surface area contributed by atoms with E-state index in [0.29, 0.717) is 0 Å². The summed E-state index contributed by atoms with van der Waals surface area (Å²) in [6.45, 7) is 0. The number of benzene rings is 11. The molecule has 0 unspecified atom stereocenters. The van der Waals surface area contributed by atoms with Crippen molar-refractivity contribution in [3.05, 3.63) is 271 Å². The van der Waals surface area contributed by atoms with Gasteiger partial charge in [0.15, 0.2) is 0 Å². The van der Waals surface area contributed by atoms with E-state index >= 15 is 0 Å². The number of anilines is 3. The number of thiophene rings is 1. The quantitative estimate of drug-likeness (QED) is 0.159. The highest BCUT2D eigenvalue weighted by Crippen LogP contribution is 2.57. The number of hydrogen-bond acceptors (Lipinski definition) is 3. The molecule has 3 heteroatoms. The Balaban J connectivity index is 0.991. The van der Waals surface area contributed by atoms with Crippen molar-refractivity contribution in [2.24, 2.45) is 0 Å². The predicted octanol–water partition coefficient (Wildman–Crippen LogP) is 18.3. The van der Waals surface area contributed by atoms with Crippen molar-refractivity contribution < 1.29 is 4.42 Å². The molecule has 0 fully saturated rings. The Morgan fingerprint density at radius 2 is 0.956 bits per heavy atom. The van der Waals surface area contributed by atoms with Gasteiger partial charge in [-0.15, -0.1) is 11.3 Å². The monoisotopic (exact) mass is 883 g/mol. The molecule has 14 rings (SSSR count). The Kier molecular flexibility index (Phi) is 8.71. The Labute approximate surface area is 398 Å². The van der Waals surface area contributed by atoms with Gasteiger partial charge in [-0.05, 0) is 122 Å². The summed E-state index contributed by atoms with van der Waals surface area (Å²) in [7, 11) is 0. The summed E-state index contributed by atoms with van der Waals surface area (Å²) in [6.07, 6.45) is 0. The van der Waals surface area contributed by atoms with E-state index in [1.54, 1.807) is 0 Å². The Hall–Kier alpha value is -8.50. The lowest BCUT2D eigenvalue weighted by Crippen LogP contribution is -2.28. The van der Waals surface area contributed by atoms with Gasteiger partial charge in [-0.25, -0.2) is 0 Å². The van der Waals surface area contributed by atoms with Gasteiger partial charge in [0, 0.05) is 47.9 Å². The van der Waals surface area contributed by atoms with Crippen LogP contribution in [-0.2, 0) is 5.41 Å². The van der Waals surface area contributed by atoms with Crippen molar-refractivity contribution in [3.8, 4) is 33.4 Å². The Bertz CT molecular complexity index is 4050. The molecule has 2 aromatic heterocycles. The van der Waals surface area contributed by atoms with Crippen molar-refractivity contribution in [2.75, 3.05) is 4.90 Å². The molecule has 2 heterocycles. The number of nitrogens with zero attached hydrogens (tertiary/aromatic N) is 1.